The van der Waals surface area contributed by atoms with Crippen molar-refractivity contribution in [2.75, 3.05) is 0 Å². The van der Waals surface area contributed by atoms with Crippen LogP contribution in [-0.2, 0) is 0 Å². The zero-order chi connectivity index (χ0) is 7.00. The Hall–Kier alpha value is -0.260. The lowest BCUT2D eigenvalue weighted by Gasteiger charge is -2.22. The molecule has 0 spiro atoms. The van der Waals surface area contributed by atoms with Gasteiger partial charge in [-0.3, -0.25) is 0 Å². The maximum absolute atomic E-state index is 2.57. The Balaban J connectivity index is 1.89. The maximum atomic E-state index is 2.57. The van der Waals surface area contributed by atoms with E-state index in [4.69, 9.17) is 0 Å². The summed E-state index contributed by atoms with van der Waals surface area (Å²) < 4.78 is 0. The summed E-state index contributed by atoms with van der Waals surface area (Å²) in [7, 11) is 0. The van der Waals surface area contributed by atoms with E-state index < -0.39 is 0 Å². The molecule has 0 nitrogen and oxygen atoms in total. The summed E-state index contributed by atoms with van der Waals surface area (Å²) in [6.07, 6.45) is 8.63. The first-order valence-electron chi connectivity index (χ1n) is 5.11. The highest BCUT2D eigenvalue weighted by Crippen LogP contribution is 2.69. The monoisotopic (exact) mass is 146 g/mol. The highest BCUT2D eigenvalue weighted by molar-refractivity contribution is 5.25. The predicted molar refractivity (Wildman–Crippen MR) is 44.0 cm³/mol. The summed E-state index contributed by atoms with van der Waals surface area (Å²) in [5.74, 6) is 5.88. The lowest BCUT2D eigenvalue weighted by molar-refractivity contribution is 0.295. The molecule has 0 aromatic carbocycles. The molecule has 0 aromatic rings. The summed E-state index contributed by atoms with van der Waals surface area (Å²) in [5, 5.41) is 0. The van der Waals surface area contributed by atoms with Gasteiger partial charge >= 0.3 is 0 Å². The average Bonchev–Trinajstić information content (AvgIpc) is 2.60. The molecule has 4 aliphatic rings. The molecule has 5 atom stereocenters. The van der Waals surface area contributed by atoms with Gasteiger partial charge in [-0.05, 0) is 55.3 Å². The highest BCUT2D eigenvalue weighted by Gasteiger charge is 2.61. The molecule has 5 unspecified atom stereocenters. The van der Waals surface area contributed by atoms with Gasteiger partial charge in [0.05, 0.1) is 0 Å². The fraction of sp³-hybridized carbons (Fsp3) is 0.818. The van der Waals surface area contributed by atoms with Gasteiger partial charge in [0.1, 0.15) is 0 Å². The van der Waals surface area contributed by atoms with Crippen molar-refractivity contribution in [2.45, 2.75) is 25.7 Å². The molecular weight excluding hydrogens is 132 g/mol. The van der Waals surface area contributed by atoms with Gasteiger partial charge in [-0.15, -0.1) is 0 Å². The summed E-state index contributed by atoms with van der Waals surface area (Å²) in [6.45, 7) is 0. The Bertz CT molecular complexity index is 241. The van der Waals surface area contributed by atoms with Crippen molar-refractivity contribution >= 4 is 0 Å². The van der Waals surface area contributed by atoms with E-state index >= 15 is 0 Å². The SMILES string of the molecule is C1=C2CC3C(C1)C1CC1C3C2. The van der Waals surface area contributed by atoms with Crippen LogP contribution in [0.15, 0.2) is 11.6 Å². The number of fused-ring (bicyclic) bond motifs is 4. The number of rotatable bonds is 0. The van der Waals surface area contributed by atoms with E-state index in [9.17, 15) is 0 Å². The molecule has 3 saturated carbocycles. The molecule has 0 aliphatic heterocycles. The van der Waals surface area contributed by atoms with Crippen LogP contribution in [0.5, 0.6) is 0 Å². The van der Waals surface area contributed by atoms with Crippen LogP contribution >= 0.6 is 0 Å². The Morgan fingerprint density at radius 3 is 2.55 bits per heavy atom. The van der Waals surface area contributed by atoms with Gasteiger partial charge in [0.15, 0.2) is 0 Å². The van der Waals surface area contributed by atoms with E-state index in [2.05, 4.69) is 6.08 Å². The van der Waals surface area contributed by atoms with Gasteiger partial charge in [-0.2, -0.15) is 0 Å². The highest BCUT2D eigenvalue weighted by atomic mass is 14.7. The van der Waals surface area contributed by atoms with Gasteiger partial charge in [0.25, 0.3) is 0 Å². The second-order valence-corrected chi connectivity index (χ2v) is 5.06. The molecule has 4 aliphatic carbocycles. The molecule has 0 heterocycles. The zero-order valence-corrected chi connectivity index (χ0v) is 6.79. The number of hydrogen-bond acceptors (Lipinski definition) is 0. The van der Waals surface area contributed by atoms with Crippen LogP contribution in [-0.4, -0.2) is 0 Å². The molecule has 2 bridgehead atoms. The summed E-state index contributed by atoms with van der Waals surface area (Å²) in [4.78, 5) is 0. The molecule has 0 heteroatoms. The van der Waals surface area contributed by atoms with Gasteiger partial charge in [0.2, 0.25) is 0 Å². The fourth-order valence-corrected chi connectivity index (χ4v) is 4.29. The largest absolute Gasteiger partial charge is 0.0850 e. The van der Waals surface area contributed by atoms with E-state index in [-0.39, 0.29) is 0 Å². The standard InChI is InChI=1S/C11H14/c1-2-7-8-3-6(1)4-9(8)11-5-10(7)11/h1,7-11H,2-5H2. The average molecular weight is 146 g/mol. The summed E-state index contributed by atoms with van der Waals surface area (Å²) in [5.41, 5.74) is 1.82. The molecule has 0 amide bonds. The van der Waals surface area contributed by atoms with Gasteiger partial charge in [-0.1, -0.05) is 11.6 Å². The first kappa shape index (κ1) is 5.40. The summed E-state index contributed by atoms with van der Waals surface area (Å²) in [6, 6.07) is 0. The van der Waals surface area contributed by atoms with Crippen LogP contribution in [0.25, 0.3) is 0 Å². The molecule has 0 saturated heterocycles. The van der Waals surface area contributed by atoms with Crippen LogP contribution < -0.4 is 0 Å². The minimum Gasteiger partial charge on any atom is -0.0850 e. The quantitative estimate of drug-likeness (QED) is 0.461. The molecule has 0 N–H and O–H groups in total. The molecule has 11 heavy (non-hydrogen) atoms. The zero-order valence-electron chi connectivity index (χ0n) is 6.79. The van der Waals surface area contributed by atoms with Crippen molar-refractivity contribution in [1.29, 1.82) is 0 Å². The van der Waals surface area contributed by atoms with Crippen molar-refractivity contribution in [3.63, 3.8) is 0 Å². The Labute approximate surface area is 67.7 Å². The molecule has 4 rings (SSSR count). The topological polar surface area (TPSA) is 0 Å². The normalized spacial score (nSPS) is 62.5. The van der Waals surface area contributed by atoms with Gasteiger partial charge in [0, 0.05) is 0 Å². The van der Waals surface area contributed by atoms with Crippen LogP contribution in [0.3, 0.4) is 0 Å². The predicted octanol–water partition coefficient (Wildman–Crippen LogP) is 2.61. The maximum Gasteiger partial charge on any atom is -0.0286 e. The second kappa shape index (κ2) is 1.44. The third-order valence-electron chi connectivity index (χ3n) is 4.77. The smallest absolute Gasteiger partial charge is 0.0286 e. The third-order valence-corrected chi connectivity index (χ3v) is 4.77. The van der Waals surface area contributed by atoms with E-state index in [1.807, 2.05) is 5.57 Å². The molecule has 0 aromatic heterocycles. The van der Waals surface area contributed by atoms with E-state index in [0.29, 0.717) is 0 Å². The molecular formula is C11H14. The number of hydrogen-bond donors (Lipinski definition) is 0. The number of allylic oxidation sites excluding steroid dienone is 2. The van der Waals surface area contributed by atoms with Crippen molar-refractivity contribution in [2.24, 2.45) is 29.6 Å². The minimum atomic E-state index is 1.15. The van der Waals surface area contributed by atoms with Crippen LogP contribution in [0.4, 0.5) is 0 Å². The minimum absolute atomic E-state index is 1.15. The molecule has 3 fully saturated rings. The molecule has 0 radical (unpaired) electrons. The van der Waals surface area contributed by atoms with Crippen molar-refractivity contribution in [1.82, 2.24) is 0 Å². The van der Waals surface area contributed by atoms with Crippen molar-refractivity contribution < 1.29 is 0 Å². The second-order valence-electron chi connectivity index (χ2n) is 5.06. The Morgan fingerprint density at radius 1 is 0.909 bits per heavy atom. The van der Waals surface area contributed by atoms with E-state index in [1.54, 1.807) is 6.42 Å². The van der Waals surface area contributed by atoms with Gasteiger partial charge in [-0.25, -0.2) is 0 Å². The lowest BCUT2D eigenvalue weighted by atomic mass is 9.82. The third kappa shape index (κ3) is 0.483. The first-order chi connectivity index (χ1) is 5.43. The van der Waals surface area contributed by atoms with Crippen molar-refractivity contribution in [3.8, 4) is 0 Å². The lowest BCUT2D eigenvalue weighted by Crippen LogP contribution is -2.15. The Morgan fingerprint density at radius 2 is 1.64 bits per heavy atom. The Kier molecular flexibility index (Phi) is 0.706. The van der Waals surface area contributed by atoms with Crippen LogP contribution in [0.2, 0.25) is 0 Å². The van der Waals surface area contributed by atoms with Crippen molar-refractivity contribution in [3.05, 3.63) is 11.6 Å². The van der Waals surface area contributed by atoms with Crippen LogP contribution in [0.1, 0.15) is 25.7 Å². The summed E-state index contributed by atoms with van der Waals surface area (Å²) >= 11 is 0. The van der Waals surface area contributed by atoms with Gasteiger partial charge < -0.3 is 0 Å². The van der Waals surface area contributed by atoms with E-state index in [0.717, 1.165) is 5.92 Å². The van der Waals surface area contributed by atoms with E-state index in [1.165, 1.54) is 42.9 Å². The van der Waals surface area contributed by atoms with Crippen LogP contribution in [0, 0.1) is 29.6 Å². The first-order valence-corrected chi connectivity index (χ1v) is 5.11. The molecule has 58 valence electrons. The fourth-order valence-electron chi connectivity index (χ4n) is 4.29.